The maximum Gasteiger partial charge on any atom is 0.257 e. The molecule has 0 atom stereocenters. The number of rotatable bonds is 5. The standard InChI is InChI=1S/C26H20N2O2S/c29-25(21-9-6-12-23(16-21)30-22-10-2-1-3-11-22)28-26-27-24(17-31-26)20-14-13-18-7-4-5-8-19(18)15-20/h1-12,15-17H,13-14H2,(H,27,28,29). The first-order valence-corrected chi connectivity index (χ1v) is 11.0. The quantitative estimate of drug-likeness (QED) is 0.389. The van der Waals surface area contributed by atoms with Gasteiger partial charge in [0.25, 0.3) is 5.91 Å². The van der Waals surface area contributed by atoms with E-state index in [-0.39, 0.29) is 5.91 Å². The molecule has 1 aliphatic carbocycles. The van der Waals surface area contributed by atoms with Gasteiger partial charge in [-0.1, -0.05) is 48.5 Å². The number of benzene rings is 3. The lowest BCUT2D eigenvalue weighted by molar-refractivity contribution is 0.102. The highest BCUT2D eigenvalue weighted by Crippen LogP contribution is 2.32. The number of nitrogens with zero attached hydrogens (tertiary/aromatic N) is 1. The van der Waals surface area contributed by atoms with Gasteiger partial charge in [-0.2, -0.15) is 0 Å². The Labute approximate surface area is 184 Å². The number of hydrogen-bond donors (Lipinski definition) is 1. The van der Waals surface area contributed by atoms with Crippen LogP contribution in [0.25, 0.3) is 11.6 Å². The number of ether oxygens (including phenoxy) is 1. The van der Waals surface area contributed by atoms with Crippen LogP contribution in [0.5, 0.6) is 11.5 Å². The Balaban J connectivity index is 1.29. The number of nitrogens with one attached hydrogen (secondary N) is 1. The van der Waals surface area contributed by atoms with Crippen molar-refractivity contribution in [3.63, 3.8) is 0 Å². The number of aromatic nitrogens is 1. The van der Waals surface area contributed by atoms with Crippen LogP contribution < -0.4 is 10.1 Å². The Morgan fingerprint density at radius 2 is 1.71 bits per heavy atom. The second-order valence-electron chi connectivity index (χ2n) is 7.30. The van der Waals surface area contributed by atoms with Crippen LogP contribution in [0, 0.1) is 0 Å². The van der Waals surface area contributed by atoms with Crippen molar-refractivity contribution in [2.75, 3.05) is 5.32 Å². The highest BCUT2D eigenvalue weighted by atomic mass is 32.1. The van der Waals surface area contributed by atoms with Crippen LogP contribution in [0.1, 0.15) is 33.6 Å². The Hall–Kier alpha value is -3.70. The molecule has 3 aromatic carbocycles. The summed E-state index contributed by atoms with van der Waals surface area (Å²) in [5.74, 6) is 1.14. The fourth-order valence-corrected chi connectivity index (χ4v) is 4.34. The molecule has 5 heteroatoms. The summed E-state index contributed by atoms with van der Waals surface area (Å²) in [4.78, 5) is 17.4. The molecule has 1 aromatic heterocycles. The average molecular weight is 425 g/mol. The number of allylic oxidation sites excluding steroid dienone is 1. The van der Waals surface area contributed by atoms with E-state index in [9.17, 15) is 4.79 Å². The number of carbonyl (C=O) groups excluding carboxylic acids is 1. The highest BCUT2D eigenvalue weighted by Gasteiger charge is 2.15. The Morgan fingerprint density at radius 1 is 0.903 bits per heavy atom. The Bertz CT molecular complexity index is 1260. The van der Waals surface area contributed by atoms with Gasteiger partial charge in [-0.3, -0.25) is 10.1 Å². The van der Waals surface area contributed by atoms with Gasteiger partial charge < -0.3 is 4.74 Å². The number of para-hydroxylation sites is 1. The fourth-order valence-electron chi connectivity index (χ4n) is 3.61. The van der Waals surface area contributed by atoms with Crippen LogP contribution in [-0.2, 0) is 6.42 Å². The summed E-state index contributed by atoms with van der Waals surface area (Å²) in [5, 5.41) is 5.51. The summed E-state index contributed by atoms with van der Waals surface area (Å²) in [6, 6.07) is 25.1. The smallest absolute Gasteiger partial charge is 0.257 e. The Kier molecular flexibility index (Phi) is 5.33. The van der Waals surface area contributed by atoms with Crippen molar-refractivity contribution in [2.45, 2.75) is 12.8 Å². The summed E-state index contributed by atoms with van der Waals surface area (Å²) < 4.78 is 5.83. The zero-order chi connectivity index (χ0) is 21.0. The van der Waals surface area contributed by atoms with Gasteiger partial charge in [-0.15, -0.1) is 11.3 Å². The zero-order valence-electron chi connectivity index (χ0n) is 16.7. The third-order valence-electron chi connectivity index (χ3n) is 5.18. The molecule has 1 heterocycles. The van der Waals surface area contributed by atoms with Crippen molar-refractivity contribution >= 4 is 34.0 Å². The SMILES string of the molecule is O=C(Nc1nc(C2=Cc3ccccc3CC2)cs1)c1cccc(Oc2ccccc2)c1. The van der Waals surface area contributed by atoms with Crippen LogP contribution in [-0.4, -0.2) is 10.9 Å². The first-order valence-electron chi connectivity index (χ1n) is 10.1. The number of carbonyl (C=O) groups is 1. The van der Waals surface area contributed by atoms with E-state index >= 15 is 0 Å². The molecule has 5 rings (SSSR count). The molecule has 0 bridgehead atoms. The number of fused-ring (bicyclic) bond motifs is 1. The molecular weight excluding hydrogens is 404 g/mol. The van der Waals surface area contributed by atoms with Gasteiger partial charge in [0, 0.05) is 10.9 Å². The molecule has 31 heavy (non-hydrogen) atoms. The molecule has 4 aromatic rings. The van der Waals surface area contributed by atoms with E-state index < -0.39 is 0 Å². The molecule has 1 amide bonds. The van der Waals surface area contributed by atoms with E-state index in [0.29, 0.717) is 16.4 Å². The summed E-state index contributed by atoms with van der Waals surface area (Å²) in [6.45, 7) is 0. The molecule has 4 nitrogen and oxygen atoms in total. The van der Waals surface area contributed by atoms with Crippen molar-refractivity contribution in [2.24, 2.45) is 0 Å². The van der Waals surface area contributed by atoms with Crippen molar-refractivity contribution in [1.82, 2.24) is 4.98 Å². The van der Waals surface area contributed by atoms with E-state index in [4.69, 9.17) is 4.74 Å². The molecule has 0 fully saturated rings. The predicted octanol–water partition coefficient (Wildman–Crippen LogP) is 6.67. The summed E-state index contributed by atoms with van der Waals surface area (Å²) in [7, 11) is 0. The van der Waals surface area contributed by atoms with E-state index in [0.717, 1.165) is 24.3 Å². The molecule has 0 aliphatic heterocycles. The average Bonchev–Trinajstić information content (AvgIpc) is 3.28. The third kappa shape index (κ3) is 4.42. The van der Waals surface area contributed by atoms with Crippen molar-refractivity contribution in [3.8, 4) is 11.5 Å². The third-order valence-corrected chi connectivity index (χ3v) is 5.94. The van der Waals surface area contributed by atoms with Gasteiger partial charge in [-0.05, 0) is 65.9 Å². The lowest BCUT2D eigenvalue weighted by atomic mass is 9.91. The topological polar surface area (TPSA) is 51.2 Å². The first kappa shape index (κ1) is 19.3. The molecule has 0 radical (unpaired) electrons. The molecule has 0 spiro atoms. The normalized spacial score (nSPS) is 12.6. The van der Waals surface area contributed by atoms with Gasteiger partial charge in [0.05, 0.1) is 5.69 Å². The van der Waals surface area contributed by atoms with Gasteiger partial charge in [0.2, 0.25) is 0 Å². The largest absolute Gasteiger partial charge is 0.457 e. The van der Waals surface area contributed by atoms with Gasteiger partial charge in [-0.25, -0.2) is 4.98 Å². The van der Waals surface area contributed by atoms with Crippen LogP contribution in [0.2, 0.25) is 0 Å². The van der Waals surface area contributed by atoms with Crippen LogP contribution >= 0.6 is 11.3 Å². The van der Waals surface area contributed by atoms with Crippen LogP contribution in [0.4, 0.5) is 5.13 Å². The fraction of sp³-hybridized carbons (Fsp3) is 0.0769. The minimum absolute atomic E-state index is 0.206. The monoisotopic (exact) mass is 424 g/mol. The number of aryl methyl sites for hydroxylation is 1. The van der Waals surface area contributed by atoms with Crippen molar-refractivity contribution in [3.05, 3.63) is 107 Å². The molecule has 0 unspecified atom stereocenters. The number of amides is 1. The van der Waals surface area contributed by atoms with E-state index in [1.165, 1.54) is 28.0 Å². The van der Waals surface area contributed by atoms with Gasteiger partial charge in [0.1, 0.15) is 11.5 Å². The van der Waals surface area contributed by atoms with Crippen molar-refractivity contribution < 1.29 is 9.53 Å². The molecule has 1 aliphatic rings. The minimum Gasteiger partial charge on any atom is -0.457 e. The van der Waals surface area contributed by atoms with E-state index in [1.54, 1.807) is 12.1 Å². The summed E-state index contributed by atoms with van der Waals surface area (Å²) in [5.41, 5.74) is 5.27. The molecule has 0 saturated carbocycles. The van der Waals surface area contributed by atoms with Gasteiger partial charge >= 0.3 is 0 Å². The van der Waals surface area contributed by atoms with Gasteiger partial charge in [0.15, 0.2) is 5.13 Å². The first-order chi connectivity index (χ1) is 15.2. The maximum atomic E-state index is 12.8. The highest BCUT2D eigenvalue weighted by molar-refractivity contribution is 7.14. The molecule has 152 valence electrons. The summed E-state index contributed by atoms with van der Waals surface area (Å²) >= 11 is 1.44. The van der Waals surface area contributed by atoms with Crippen LogP contribution in [0.15, 0.2) is 84.2 Å². The number of thiazole rings is 1. The zero-order valence-corrected chi connectivity index (χ0v) is 17.6. The van der Waals surface area contributed by atoms with E-state index in [1.807, 2.05) is 47.8 Å². The molecular formula is C26H20N2O2S. The lowest BCUT2D eigenvalue weighted by Crippen LogP contribution is -2.11. The number of anilines is 1. The minimum atomic E-state index is -0.206. The summed E-state index contributed by atoms with van der Waals surface area (Å²) in [6.07, 6.45) is 4.16. The predicted molar refractivity (Wildman–Crippen MR) is 126 cm³/mol. The second-order valence-corrected chi connectivity index (χ2v) is 8.16. The molecule has 1 N–H and O–H groups in total. The lowest BCUT2D eigenvalue weighted by Gasteiger charge is -2.14. The maximum absolute atomic E-state index is 12.8. The van der Waals surface area contributed by atoms with E-state index in [2.05, 4.69) is 40.6 Å². The van der Waals surface area contributed by atoms with Crippen LogP contribution in [0.3, 0.4) is 0 Å². The number of hydrogen-bond acceptors (Lipinski definition) is 4. The van der Waals surface area contributed by atoms with Crippen molar-refractivity contribution in [1.29, 1.82) is 0 Å². The molecule has 0 saturated heterocycles. The Morgan fingerprint density at radius 3 is 2.61 bits per heavy atom. The second kappa shape index (κ2) is 8.58.